The first kappa shape index (κ1) is 24.0. The predicted molar refractivity (Wildman–Crippen MR) is 111 cm³/mol. The van der Waals surface area contributed by atoms with Gasteiger partial charge in [-0.2, -0.15) is 0 Å². The van der Waals surface area contributed by atoms with Crippen LogP contribution in [0, 0.1) is 29.1 Å². The van der Waals surface area contributed by atoms with Gasteiger partial charge in [0.1, 0.15) is 0 Å². The second-order valence-electron chi connectivity index (χ2n) is 6.34. The summed E-state index contributed by atoms with van der Waals surface area (Å²) in [6.07, 6.45) is 3.22. The molecule has 0 aliphatic carbocycles. The van der Waals surface area contributed by atoms with Crippen LogP contribution in [0.4, 0.5) is 0 Å². The molecule has 5 nitrogen and oxygen atoms in total. The number of rotatable bonds is 9. The fourth-order valence-corrected chi connectivity index (χ4v) is 2.54. The minimum absolute atomic E-state index is 0.0294. The number of aldehydes is 1. The van der Waals surface area contributed by atoms with Crippen molar-refractivity contribution in [2.24, 2.45) is 5.41 Å². The molecule has 1 rings (SSSR count). The van der Waals surface area contributed by atoms with Crippen LogP contribution < -0.4 is 0 Å². The summed E-state index contributed by atoms with van der Waals surface area (Å²) >= 11 is 0. The van der Waals surface area contributed by atoms with E-state index in [4.69, 9.17) is 9.47 Å². The van der Waals surface area contributed by atoms with Crippen LogP contribution in [-0.2, 0) is 19.1 Å². The average molecular weight is 396 g/mol. The lowest BCUT2D eigenvalue weighted by Gasteiger charge is -2.25. The van der Waals surface area contributed by atoms with Crippen LogP contribution in [0.5, 0.6) is 0 Å². The van der Waals surface area contributed by atoms with Gasteiger partial charge in [-0.15, -0.1) is 11.8 Å². The lowest BCUT2D eigenvalue weighted by atomic mass is 9.81. The Morgan fingerprint density at radius 1 is 0.966 bits per heavy atom. The van der Waals surface area contributed by atoms with Gasteiger partial charge >= 0.3 is 11.9 Å². The minimum atomic E-state index is -1.62. The van der Waals surface area contributed by atoms with Gasteiger partial charge in [-0.25, -0.2) is 0 Å². The van der Waals surface area contributed by atoms with Crippen LogP contribution in [0.1, 0.15) is 68.8 Å². The molecule has 0 fully saturated rings. The molecule has 0 saturated heterocycles. The first-order valence-electron chi connectivity index (χ1n) is 9.88. The number of benzene rings is 1. The summed E-state index contributed by atoms with van der Waals surface area (Å²) < 4.78 is 10.3. The van der Waals surface area contributed by atoms with Crippen LogP contribution in [0.3, 0.4) is 0 Å². The van der Waals surface area contributed by atoms with Gasteiger partial charge in [-0.05, 0) is 26.3 Å². The summed E-state index contributed by atoms with van der Waals surface area (Å²) in [5.41, 5.74) is -0.649. The highest BCUT2D eigenvalue weighted by atomic mass is 16.6. The summed E-state index contributed by atoms with van der Waals surface area (Å²) in [7, 11) is 0. The van der Waals surface area contributed by atoms with Gasteiger partial charge in [-0.3, -0.25) is 14.4 Å². The van der Waals surface area contributed by atoms with Crippen molar-refractivity contribution in [1.29, 1.82) is 0 Å². The summed E-state index contributed by atoms with van der Waals surface area (Å²) in [4.78, 5) is 36.7. The highest BCUT2D eigenvalue weighted by Crippen LogP contribution is 2.30. The van der Waals surface area contributed by atoms with E-state index in [2.05, 4.69) is 30.6 Å². The van der Waals surface area contributed by atoms with Gasteiger partial charge < -0.3 is 9.47 Å². The van der Waals surface area contributed by atoms with E-state index in [0.29, 0.717) is 23.8 Å². The van der Waals surface area contributed by atoms with Gasteiger partial charge in [0.25, 0.3) is 0 Å². The van der Waals surface area contributed by atoms with Gasteiger partial charge in [0, 0.05) is 30.4 Å². The van der Waals surface area contributed by atoms with Crippen LogP contribution in [0.2, 0.25) is 0 Å². The van der Waals surface area contributed by atoms with Crippen LogP contribution in [-0.4, -0.2) is 31.4 Å². The highest BCUT2D eigenvalue weighted by molar-refractivity contribution is 6.00. The number of ether oxygens (including phenoxy) is 2. The number of hydrogen-bond acceptors (Lipinski definition) is 5. The summed E-state index contributed by atoms with van der Waals surface area (Å²) in [6, 6.07) is 6.86. The molecule has 0 radical (unpaired) electrons. The van der Waals surface area contributed by atoms with E-state index in [1.807, 2.05) is 0 Å². The number of unbranched alkanes of at least 4 members (excludes halogenated alkanes) is 2. The molecule has 0 aromatic heterocycles. The molecular formula is C24H28O5. The normalized spacial score (nSPS) is 10.0. The monoisotopic (exact) mass is 396 g/mol. The number of esters is 2. The molecule has 29 heavy (non-hydrogen) atoms. The zero-order chi connectivity index (χ0) is 21.5. The molecule has 1 aromatic carbocycles. The van der Waals surface area contributed by atoms with Gasteiger partial charge in [0.05, 0.1) is 13.2 Å². The van der Waals surface area contributed by atoms with Crippen molar-refractivity contribution in [3.05, 3.63) is 35.4 Å². The van der Waals surface area contributed by atoms with Crippen molar-refractivity contribution in [3.8, 4) is 23.7 Å². The molecule has 0 N–H and O–H groups in total. The van der Waals surface area contributed by atoms with Crippen molar-refractivity contribution in [2.45, 2.75) is 52.9 Å². The van der Waals surface area contributed by atoms with E-state index in [1.165, 1.54) is 0 Å². The van der Waals surface area contributed by atoms with Crippen LogP contribution in [0.25, 0.3) is 0 Å². The number of hydrogen-bond donors (Lipinski definition) is 0. The Hall–Kier alpha value is -3.05. The highest BCUT2D eigenvalue weighted by Gasteiger charge is 2.48. The van der Waals surface area contributed by atoms with E-state index in [9.17, 15) is 14.4 Å². The van der Waals surface area contributed by atoms with Gasteiger partial charge in [-0.1, -0.05) is 43.4 Å². The van der Waals surface area contributed by atoms with Crippen molar-refractivity contribution in [3.63, 3.8) is 0 Å². The van der Waals surface area contributed by atoms with Crippen LogP contribution in [0.15, 0.2) is 24.3 Å². The summed E-state index contributed by atoms with van der Waals surface area (Å²) in [5, 5.41) is 0. The van der Waals surface area contributed by atoms with Gasteiger partial charge in [0.2, 0.25) is 0 Å². The lowest BCUT2D eigenvalue weighted by Crippen LogP contribution is -2.41. The molecule has 0 aliphatic heterocycles. The van der Waals surface area contributed by atoms with Crippen molar-refractivity contribution >= 4 is 18.2 Å². The first-order chi connectivity index (χ1) is 14.1. The lowest BCUT2D eigenvalue weighted by molar-refractivity contribution is -0.171. The maximum atomic E-state index is 12.8. The third kappa shape index (κ3) is 7.12. The molecule has 5 heteroatoms. The summed E-state index contributed by atoms with van der Waals surface area (Å²) in [5.74, 6) is 10.3. The predicted octanol–water partition coefficient (Wildman–Crippen LogP) is 3.94. The summed E-state index contributed by atoms with van der Waals surface area (Å²) in [6.45, 7) is 5.67. The van der Waals surface area contributed by atoms with Crippen LogP contribution >= 0.6 is 0 Å². The van der Waals surface area contributed by atoms with Crippen molar-refractivity contribution < 1.29 is 23.9 Å². The SMILES string of the molecule is CCCCC#CCC(CC#Cc1ccccc1C=O)(C(=O)OCC)C(=O)OCC. The van der Waals surface area contributed by atoms with E-state index in [-0.39, 0.29) is 26.1 Å². The molecule has 1 aromatic rings. The van der Waals surface area contributed by atoms with E-state index >= 15 is 0 Å². The van der Waals surface area contributed by atoms with Crippen molar-refractivity contribution in [2.75, 3.05) is 13.2 Å². The first-order valence-corrected chi connectivity index (χ1v) is 9.88. The molecule has 0 atom stereocenters. The zero-order valence-electron chi connectivity index (χ0n) is 17.4. The Morgan fingerprint density at radius 2 is 1.59 bits per heavy atom. The topological polar surface area (TPSA) is 69.7 Å². The largest absolute Gasteiger partial charge is 0.465 e. The Balaban J connectivity index is 3.26. The Bertz CT molecular complexity index is 799. The molecule has 0 bridgehead atoms. The zero-order valence-corrected chi connectivity index (χ0v) is 17.4. The molecule has 0 amide bonds. The molecule has 0 aliphatic rings. The molecule has 0 spiro atoms. The van der Waals surface area contributed by atoms with E-state index in [0.717, 1.165) is 12.8 Å². The Morgan fingerprint density at radius 3 is 2.17 bits per heavy atom. The smallest absolute Gasteiger partial charge is 0.325 e. The third-order valence-electron chi connectivity index (χ3n) is 4.20. The molecule has 154 valence electrons. The number of carbonyl (C=O) groups is 3. The maximum Gasteiger partial charge on any atom is 0.325 e. The fourth-order valence-electron chi connectivity index (χ4n) is 2.54. The second kappa shape index (κ2) is 13.2. The molecule has 0 heterocycles. The minimum Gasteiger partial charge on any atom is -0.465 e. The third-order valence-corrected chi connectivity index (χ3v) is 4.20. The second-order valence-corrected chi connectivity index (χ2v) is 6.34. The van der Waals surface area contributed by atoms with E-state index < -0.39 is 17.4 Å². The van der Waals surface area contributed by atoms with E-state index in [1.54, 1.807) is 38.1 Å². The Labute approximate surface area is 173 Å². The average Bonchev–Trinajstić information content (AvgIpc) is 2.72. The Kier molecular flexibility index (Phi) is 10.9. The number of carbonyl (C=O) groups excluding carboxylic acids is 3. The fraction of sp³-hybridized carbons (Fsp3) is 0.458. The quantitative estimate of drug-likeness (QED) is 0.208. The van der Waals surface area contributed by atoms with Gasteiger partial charge in [0.15, 0.2) is 11.7 Å². The molecule has 0 saturated carbocycles. The van der Waals surface area contributed by atoms with Crippen molar-refractivity contribution in [1.82, 2.24) is 0 Å². The molecular weight excluding hydrogens is 368 g/mol. The maximum absolute atomic E-state index is 12.8. The molecule has 0 unspecified atom stereocenters. The standard InChI is InChI=1S/C24H28O5/c1-4-7-8-9-12-17-24(22(26)28-5-2,23(27)29-6-3)18-13-16-20-14-10-11-15-21(20)19-25/h10-11,14-15,19H,4-8,17-18H2,1-3H3.